The van der Waals surface area contributed by atoms with Crippen LogP contribution in [0.25, 0.3) is 0 Å². The summed E-state index contributed by atoms with van der Waals surface area (Å²) in [5.74, 6) is -0.166. The van der Waals surface area contributed by atoms with Gasteiger partial charge in [0.05, 0.1) is 4.90 Å². The number of nitrogens with two attached hydrogens (primary N) is 1. The highest BCUT2D eigenvalue weighted by Crippen LogP contribution is 2.20. The van der Waals surface area contributed by atoms with Crippen LogP contribution < -0.4 is 10.5 Å². The Morgan fingerprint density at radius 2 is 2.22 bits per heavy atom. The maximum absolute atomic E-state index is 12.7. The first-order valence-electron chi connectivity index (χ1n) is 7.71. The third kappa shape index (κ3) is 4.19. The number of sulfonamides is 1. The Balaban J connectivity index is 2.25. The van der Waals surface area contributed by atoms with Gasteiger partial charge in [0, 0.05) is 31.2 Å². The molecule has 0 saturated carbocycles. The van der Waals surface area contributed by atoms with E-state index in [1.54, 1.807) is 17.0 Å². The topological polar surface area (TPSA) is 92.5 Å². The lowest BCUT2D eigenvalue weighted by Crippen LogP contribution is -2.47. The average Bonchev–Trinajstić information content (AvgIpc) is 2.59. The second-order valence-corrected chi connectivity index (χ2v) is 7.32. The van der Waals surface area contributed by atoms with Crippen molar-refractivity contribution >= 4 is 15.9 Å². The van der Waals surface area contributed by atoms with Crippen LogP contribution in [0.15, 0.2) is 41.8 Å². The molecule has 23 heavy (non-hydrogen) atoms. The van der Waals surface area contributed by atoms with Crippen molar-refractivity contribution in [1.82, 2.24) is 9.62 Å². The van der Waals surface area contributed by atoms with Gasteiger partial charge in [-0.15, -0.1) is 6.58 Å². The number of amides is 1. The number of hydrogen-bond donors (Lipinski definition) is 2. The van der Waals surface area contributed by atoms with Gasteiger partial charge in [0.1, 0.15) is 0 Å². The Labute approximate surface area is 137 Å². The summed E-state index contributed by atoms with van der Waals surface area (Å²) in [5, 5.41) is 0. The number of carbonyl (C=O) groups excluding carboxylic acids is 1. The minimum atomic E-state index is -3.64. The number of rotatable bonds is 6. The molecule has 0 radical (unpaired) electrons. The van der Waals surface area contributed by atoms with Gasteiger partial charge < -0.3 is 10.6 Å². The fraction of sp³-hybridized carbons (Fsp3) is 0.438. The number of hydrogen-bond acceptors (Lipinski definition) is 4. The van der Waals surface area contributed by atoms with E-state index in [2.05, 4.69) is 11.3 Å². The maximum Gasteiger partial charge on any atom is 0.254 e. The van der Waals surface area contributed by atoms with Gasteiger partial charge in [-0.05, 0) is 37.5 Å². The highest BCUT2D eigenvalue weighted by atomic mass is 32.2. The monoisotopic (exact) mass is 337 g/mol. The molecule has 1 saturated heterocycles. The van der Waals surface area contributed by atoms with Crippen LogP contribution in [-0.2, 0) is 10.0 Å². The smallest absolute Gasteiger partial charge is 0.254 e. The van der Waals surface area contributed by atoms with Gasteiger partial charge in [-0.25, -0.2) is 13.1 Å². The summed E-state index contributed by atoms with van der Waals surface area (Å²) in [4.78, 5) is 14.5. The van der Waals surface area contributed by atoms with Crippen LogP contribution in [-0.4, -0.2) is 44.9 Å². The molecule has 1 amide bonds. The standard InChI is InChI=1S/C16H23N3O3S/c1-2-9-18-23(21,22)15-8-5-6-13(11-15)16(20)19-10-4-3-7-14(19)12-17/h2,5-6,8,11,14,18H,1,3-4,7,9-10,12,17H2. The van der Waals surface area contributed by atoms with Crippen molar-refractivity contribution < 1.29 is 13.2 Å². The van der Waals surface area contributed by atoms with Gasteiger partial charge in [-0.3, -0.25) is 4.79 Å². The maximum atomic E-state index is 12.7. The second-order valence-electron chi connectivity index (χ2n) is 5.55. The molecule has 1 unspecified atom stereocenters. The molecule has 1 fully saturated rings. The summed E-state index contributed by atoms with van der Waals surface area (Å²) in [5.41, 5.74) is 6.12. The first-order chi connectivity index (χ1) is 11.0. The Kier molecular flexibility index (Phi) is 5.92. The van der Waals surface area contributed by atoms with E-state index in [9.17, 15) is 13.2 Å². The Morgan fingerprint density at radius 3 is 2.91 bits per heavy atom. The van der Waals surface area contributed by atoms with E-state index in [-0.39, 0.29) is 23.4 Å². The van der Waals surface area contributed by atoms with E-state index in [0.717, 1.165) is 19.3 Å². The summed E-state index contributed by atoms with van der Waals surface area (Å²) in [6.45, 7) is 4.70. The number of nitrogens with zero attached hydrogens (tertiary/aromatic N) is 1. The zero-order valence-corrected chi connectivity index (χ0v) is 13.9. The Morgan fingerprint density at radius 1 is 1.43 bits per heavy atom. The summed E-state index contributed by atoms with van der Waals surface area (Å²) < 4.78 is 26.7. The van der Waals surface area contributed by atoms with E-state index >= 15 is 0 Å². The van der Waals surface area contributed by atoms with Gasteiger partial charge in [0.15, 0.2) is 0 Å². The van der Waals surface area contributed by atoms with Crippen LogP contribution in [0.5, 0.6) is 0 Å². The largest absolute Gasteiger partial charge is 0.334 e. The predicted molar refractivity (Wildman–Crippen MR) is 89.6 cm³/mol. The molecule has 1 aliphatic heterocycles. The lowest BCUT2D eigenvalue weighted by molar-refractivity contribution is 0.0623. The zero-order chi connectivity index (χ0) is 16.9. The summed E-state index contributed by atoms with van der Waals surface area (Å²) in [6.07, 6.45) is 4.36. The Bertz CT molecular complexity index is 673. The van der Waals surface area contributed by atoms with Crippen molar-refractivity contribution in [2.24, 2.45) is 5.73 Å². The molecule has 1 aliphatic rings. The average molecular weight is 337 g/mol. The van der Waals surface area contributed by atoms with Crippen LogP contribution in [0.3, 0.4) is 0 Å². The van der Waals surface area contributed by atoms with Gasteiger partial charge in [0.2, 0.25) is 10.0 Å². The van der Waals surface area contributed by atoms with Crippen LogP contribution in [0.2, 0.25) is 0 Å². The predicted octanol–water partition coefficient (Wildman–Crippen LogP) is 1.10. The fourth-order valence-corrected chi connectivity index (χ4v) is 3.77. The van der Waals surface area contributed by atoms with Gasteiger partial charge in [-0.2, -0.15) is 0 Å². The molecule has 2 rings (SSSR count). The minimum absolute atomic E-state index is 0.0235. The fourth-order valence-electron chi connectivity index (χ4n) is 2.73. The molecule has 126 valence electrons. The number of piperidine rings is 1. The molecular weight excluding hydrogens is 314 g/mol. The normalized spacial score (nSPS) is 18.7. The van der Waals surface area contributed by atoms with E-state index in [0.29, 0.717) is 18.7 Å². The zero-order valence-electron chi connectivity index (χ0n) is 13.1. The molecule has 0 spiro atoms. The molecule has 0 aliphatic carbocycles. The van der Waals surface area contributed by atoms with E-state index in [1.807, 2.05) is 0 Å². The van der Waals surface area contributed by atoms with E-state index in [4.69, 9.17) is 5.73 Å². The quantitative estimate of drug-likeness (QED) is 0.761. The molecule has 3 N–H and O–H groups in total. The van der Waals surface area contributed by atoms with E-state index in [1.165, 1.54) is 18.2 Å². The van der Waals surface area contributed by atoms with Crippen LogP contribution in [0.4, 0.5) is 0 Å². The number of benzene rings is 1. The van der Waals surface area contributed by atoms with Gasteiger partial charge in [0.25, 0.3) is 5.91 Å². The summed E-state index contributed by atoms with van der Waals surface area (Å²) in [6, 6.07) is 6.12. The molecule has 1 aromatic rings. The van der Waals surface area contributed by atoms with Crippen molar-refractivity contribution in [2.45, 2.75) is 30.2 Å². The van der Waals surface area contributed by atoms with Crippen molar-refractivity contribution in [2.75, 3.05) is 19.6 Å². The molecular formula is C16H23N3O3S. The highest BCUT2D eigenvalue weighted by Gasteiger charge is 2.27. The van der Waals surface area contributed by atoms with Crippen LogP contribution in [0, 0.1) is 0 Å². The lowest BCUT2D eigenvalue weighted by atomic mass is 10.0. The summed E-state index contributed by atoms with van der Waals surface area (Å²) in [7, 11) is -3.64. The first-order valence-corrected chi connectivity index (χ1v) is 9.19. The third-order valence-electron chi connectivity index (χ3n) is 3.97. The van der Waals surface area contributed by atoms with Crippen molar-refractivity contribution in [1.29, 1.82) is 0 Å². The van der Waals surface area contributed by atoms with Gasteiger partial charge in [-0.1, -0.05) is 12.1 Å². The molecule has 6 nitrogen and oxygen atoms in total. The lowest BCUT2D eigenvalue weighted by Gasteiger charge is -2.35. The third-order valence-corrected chi connectivity index (χ3v) is 5.39. The SMILES string of the molecule is C=CCNS(=O)(=O)c1cccc(C(=O)N2CCCCC2CN)c1. The van der Waals surface area contributed by atoms with E-state index < -0.39 is 10.0 Å². The second kappa shape index (κ2) is 7.72. The molecule has 1 aromatic carbocycles. The van der Waals surface area contributed by atoms with Crippen molar-refractivity contribution in [3.05, 3.63) is 42.5 Å². The number of nitrogens with one attached hydrogen (secondary N) is 1. The van der Waals surface area contributed by atoms with Crippen molar-refractivity contribution in [3.63, 3.8) is 0 Å². The minimum Gasteiger partial charge on any atom is -0.334 e. The molecule has 1 heterocycles. The summed E-state index contributed by atoms with van der Waals surface area (Å²) >= 11 is 0. The molecule has 0 bridgehead atoms. The van der Waals surface area contributed by atoms with Gasteiger partial charge >= 0.3 is 0 Å². The molecule has 1 atom stereocenters. The van der Waals surface area contributed by atoms with Crippen LogP contribution in [0.1, 0.15) is 29.6 Å². The van der Waals surface area contributed by atoms with Crippen molar-refractivity contribution in [3.8, 4) is 0 Å². The molecule has 0 aromatic heterocycles. The Hall–Kier alpha value is -1.70. The van der Waals surface area contributed by atoms with Crippen LogP contribution >= 0.6 is 0 Å². The highest BCUT2D eigenvalue weighted by molar-refractivity contribution is 7.89. The number of carbonyl (C=O) groups is 1. The molecule has 7 heteroatoms. The first kappa shape index (κ1) is 17.7. The number of likely N-dealkylation sites (tertiary alicyclic amines) is 1.